The highest BCUT2D eigenvalue weighted by atomic mass is 32.2. The van der Waals surface area contributed by atoms with Gasteiger partial charge < -0.3 is 5.73 Å². The number of hydrogen-bond donors (Lipinski definition) is 1. The lowest BCUT2D eigenvalue weighted by Gasteiger charge is -2.10. The maximum absolute atomic E-state index is 6.25. The van der Waals surface area contributed by atoms with Gasteiger partial charge in [-0.3, -0.25) is 0 Å². The van der Waals surface area contributed by atoms with E-state index in [1.54, 1.807) is 11.3 Å². The molecular formula is C15H19N7S2. The van der Waals surface area contributed by atoms with E-state index in [4.69, 9.17) is 10.7 Å². The lowest BCUT2D eigenvalue weighted by Crippen LogP contribution is -2.05. The van der Waals surface area contributed by atoms with Crippen molar-refractivity contribution in [1.82, 2.24) is 30.2 Å². The number of tetrazole rings is 1. The summed E-state index contributed by atoms with van der Waals surface area (Å²) >= 11 is 3.31. The Bertz CT molecular complexity index is 870. The number of thiophene rings is 1. The molecule has 0 saturated carbocycles. The Morgan fingerprint density at radius 2 is 2.12 bits per heavy atom. The Hall–Kier alpha value is -1.74. The zero-order valence-corrected chi connectivity index (χ0v) is 15.2. The Morgan fingerprint density at radius 3 is 3.00 bits per heavy atom. The molecule has 3 heterocycles. The van der Waals surface area contributed by atoms with Crippen LogP contribution in [0.15, 0.2) is 5.16 Å². The van der Waals surface area contributed by atoms with Crippen molar-refractivity contribution in [3.63, 3.8) is 0 Å². The van der Waals surface area contributed by atoms with Gasteiger partial charge >= 0.3 is 0 Å². The van der Waals surface area contributed by atoms with Crippen molar-refractivity contribution in [1.29, 1.82) is 0 Å². The summed E-state index contributed by atoms with van der Waals surface area (Å²) in [5.74, 6) is 2.09. The van der Waals surface area contributed by atoms with Crippen molar-refractivity contribution >= 4 is 39.1 Å². The highest BCUT2D eigenvalue weighted by Crippen LogP contribution is 2.38. The van der Waals surface area contributed by atoms with Crippen LogP contribution in [0.2, 0.25) is 0 Å². The summed E-state index contributed by atoms with van der Waals surface area (Å²) in [7, 11) is 0. The number of hydrogen-bond acceptors (Lipinski definition) is 8. The molecule has 0 fully saturated rings. The molecular weight excluding hydrogens is 342 g/mol. The van der Waals surface area contributed by atoms with E-state index < -0.39 is 0 Å². The van der Waals surface area contributed by atoms with Gasteiger partial charge in [-0.1, -0.05) is 18.7 Å². The van der Waals surface area contributed by atoms with Crippen LogP contribution in [-0.2, 0) is 25.1 Å². The maximum atomic E-state index is 6.25. The minimum absolute atomic E-state index is 0.607. The molecule has 0 saturated heterocycles. The highest BCUT2D eigenvalue weighted by Gasteiger charge is 2.20. The summed E-state index contributed by atoms with van der Waals surface area (Å²) in [4.78, 5) is 11.7. The molecule has 1 aliphatic carbocycles. The summed E-state index contributed by atoms with van der Waals surface area (Å²) < 4.78 is 1.83. The van der Waals surface area contributed by atoms with E-state index in [9.17, 15) is 0 Å². The first-order valence-corrected chi connectivity index (χ1v) is 10.0. The molecule has 3 aromatic heterocycles. The fourth-order valence-corrected chi connectivity index (χ4v) is 5.18. The molecule has 3 aromatic rings. The fourth-order valence-electron chi connectivity index (χ4n) is 3.07. The summed E-state index contributed by atoms with van der Waals surface area (Å²) in [5, 5.41) is 13.6. The van der Waals surface area contributed by atoms with E-state index in [1.165, 1.54) is 35.0 Å². The van der Waals surface area contributed by atoms with Crippen LogP contribution in [0.1, 0.15) is 42.5 Å². The Morgan fingerprint density at radius 1 is 1.25 bits per heavy atom. The van der Waals surface area contributed by atoms with Crippen molar-refractivity contribution in [2.45, 2.75) is 56.5 Å². The van der Waals surface area contributed by atoms with Crippen LogP contribution in [0.3, 0.4) is 0 Å². The largest absolute Gasteiger partial charge is 0.383 e. The second-order valence-corrected chi connectivity index (χ2v) is 7.92. The van der Waals surface area contributed by atoms with Crippen LogP contribution in [-0.4, -0.2) is 30.2 Å². The Labute approximate surface area is 148 Å². The second-order valence-electron chi connectivity index (χ2n) is 5.89. The third-order valence-corrected chi connectivity index (χ3v) is 6.22. The summed E-state index contributed by atoms with van der Waals surface area (Å²) in [6.45, 7) is 2.93. The molecule has 0 atom stereocenters. The lowest BCUT2D eigenvalue weighted by atomic mass is 9.97. The monoisotopic (exact) mass is 361 g/mol. The standard InChI is InChI=1S/C15H19N7S2/c1-2-7-22-11(19-20-21-22)8-23-15-17-13(16)12-9-5-3-4-6-10(9)24-14(12)18-15/h2-8H2,1H3,(H2,16,17,18). The van der Waals surface area contributed by atoms with Crippen LogP contribution in [0.25, 0.3) is 10.2 Å². The number of fused-ring (bicyclic) bond motifs is 3. The first kappa shape index (κ1) is 15.8. The van der Waals surface area contributed by atoms with Gasteiger partial charge in [0.05, 0.1) is 11.1 Å². The number of nitrogens with zero attached hydrogens (tertiary/aromatic N) is 6. The Kier molecular flexibility index (Phi) is 4.36. The van der Waals surface area contributed by atoms with E-state index >= 15 is 0 Å². The van der Waals surface area contributed by atoms with Crippen molar-refractivity contribution in [2.24, 2.45) is 0 Å². The molecule has 1 aliphatic rings. The SMILES string of the molecule is CCCn1nnnc1CSc1nc(N)c2c3c(sc2n1)CCCC3. The molecule has 126 valence electrons. The zero-order chi connectivity index (χ0) is 16.5. The Balaban J connectivity index is 1.60. The molecule has 0 aliphatic heterocycles. The third-order valence-electron chi connectivity index (χ3n) is 4.19. The zero-order valence-electron chi connectivity index (χ0n) is 13.5. The van der Waals surface area contributed by atoms with Crippen LogP contribution >= 0.6 is 23.1 Å². The molecule has 0 aromatic carbocycles. The minimum Gasteiger partial charge on any atom is -0.383 e. The van der Waals surface area contributed by atoms with Gasteiger partial charge in [-0.15, -0.1) is 16.4 Å². The maximum Gasteiger partial charge on any atom is 0.191 e. The molecule has 0 radical (unpaired) electrons. The average Bonchev–Trinajstić information content (AvgIpc) is 3.17. The number of anilines is 1. The first-order valence-electron chi connectivity index (χ1n) is 8.22. The summed E-state index contributed by atoms with van der Waals surface area (Å²) in [6.07, 6.45) is 5.73. The number of aromatic nitrogens is 6. The van der Waals surface area contributed by atoms with Gasteiger partial charge in [-0.25, -0.2) is 14.6 Å². The quantitative estimate of drug-likeness (QED) is 0.551. The van der Waals surface area contributed by atoms with E-state index in [-0.39, 0.29) is 0 Å². The molecule has 7 nitrogen and oxygen atoms in total. The molecule has 0 amide bonds. The molecule has 24 heavy (non-hydrogen) atoms. The smallest absolute Gasteiger partial charge is 0.191 e. The predicted molar refractivity (Wildman–Crippen MR) is 96.1 cm³/mol. The van der Waals surface area contributed by atoms with E-state index in [2.05, 4.69) is 27.4 Å². The minimum atomic E-state index is 0.607. The number of nitrogen functional groups attached to an aromatic ring is 1. The molecule has 0 unspecified atom stereocenters. The number of thioether (sulfide) groups is 1. The van der Waals surface area contributed by atoms with Gasteiger partial charge in [0.15, 0.2) is 11.0 Å². The summed E-state index contributed by atoms with van der Waals surface area (Å²) in [6, 6.07) is 0. The first-order chi connectivity index (χ1) is 11.8. The van der Waals surface area contributed by atoms with Gasteiger partial charge in [0.2, 0.25) is 0 Å². The van der Waals surface area contributed by atoms with Crippen molar-refractivity contribution < 1.29 is 0 Å². The number of nitrogens with two attached hydrogens (primary N) is 1. The molecule has 2 N–H and O–H groups in total. The normalized spacial score (nSPS) is 14.2. The molecule has 4 rings (SSSR count). The van der Waals surface area contributed by atoms with Gasteiger partial charge in [0.25, 0.3) is 0 Å². The van der Waals surface area contributed by atoms with Gasteiger partial charge in [-0.2, -0.15) is 0 Å². The fraction of sp³-hybridized carbons (Fsp3) is 0.533. The van der Waals surface area contributed by atoms with Gasteiger partial charge in [0.1, 0.15) is 10.6 Å². The van der Waals surface area contributed by atoms with Crippen LogP contribution in [0, 0.1) is 0 Å². The average molecular weight is 362 g/mol. The number of aryl methyl sites for hydroxylation is 3. The van der Waals surface area contributed by atoms with Crippen molar-refractivity contribution in [3.05, 3.63) is 16.3 Å². The summed E-state index contributed by atoms with van der Waals surface area (Å²) in [5.41, 5.74) is 7.63. The van der Waals surface area contributed by atoms with Crippen molar-refractivity contribution in [2.75, 3.05) is 5.73 Å². The van der Waals surface area contributed by atoms with Gasteiger partial charge in [-0.05, 0) is 48.1 Å². The van der Waals surface area contributed by atoms with E-state index in [0.717, 1.165) is 41.8 Å². The second kappa shape index (κ2) is 6.64. The molecule has 0 bridgehead atoms. The van der Waals surface area contributed by atoms with Gasteiger partial charge in [0, 0.05) is 11.4 Å². The van der Waals surface area contributed by atoms with E-state index in [1.807, 2.05) is 4.68 Å². The van der Waals surface area contributed by atoms with Crippen molar-refractivity contribution in [3.8, 4) is 0 Å². The van der Waals surface area contributed by atoms with Crippen LogP contribution in [0.5, 0.6) is 0 Å². The molecule has 9 heteroatoms. The van der Waals surface area contributed by atoms with E-state index in [0.29, 0.717) is 16.7 Å². The number of rotatable bonds is 5. The predicted octanol–water partition coefficient (Wildman–Crippen LogP) is 2.84. The van der Waals surface area contributed by atoms with Crippen LogP contribution in [0.4, 0.5) is 5.82 Å². The topological polar surface area (TPSA) is 95.4 Å². The van der Waals surface area contributed by atoms with Crippen LogP contribution < -0.4 is 5.73 Å². The molecule has 0 spiro atoms. The third kappa shape index (κ3) is 2.86. The highest BCUT2D eigenvalue weighted by molar-refractivity contribution is 7.98. The lowest BCUT2D eigenvalue weighted by molar-refractivity contribution is 0.564.